The average Bonchev–Trinajstić information content (AvgIpc) is 2.61. The molecule has 0 aromatic heterocycles. The van der Waals surface area contributed by atoms with Gasteiger partial charge in [0.25, 0.3) is 0 Å². The number of fused-ring (bicyclic) bond motifs is 1. The Morgan fingerprint density at radius 3 is 2.69 bits per heavy atom. The zero-order chi connectivity index (χ0) is 19.3. The van der Waals surface area contributed by atoms with Crippen molar-refractivity contribution < 1.29 is 23.1 Å². The molecule has 1 aromatic rings. The van der Waals surface area contributed by atoms with E-state index in [4.69, 9.17) is 0 Å². The van der Waals surface area contributed by atoms with Gasteiger partial charge in [-0.05, 0) is 49.7 Å². The summed E-state index contributed by atoms with van der Waals surface area (Å²) in [5, 5.41) is 12.0. The van der Waals surface area contributed by atoms with Crippen LogP contribution >= 0.6 is 0 Å². The summed E-state index contributed by atoms with van der Waals surface area (Å²) in [6, 6.07) is 6.94. The number of nitrogens with zero attached hydrogens (tertiary/aromatic N) is 1. The Hall–Kier alpha value is -1.93. The van der Waals surface area contributed by atoms with Crippen molar-refractivity contribution in [2.45, 2.75) is 44.6 Å². The minimum absolute atomic E-state index is 0.0680. The topological polar surface area (TPSA) is 104 Å². The second-order valence-electron chi connectivity index (χ2n) is 6.64. The fourth-order valence-electron chi connectivity index (χ4n) is 3.37. The van der Waals surface area contributed by atoms with Crippen molar-refractivity contribution in [3.63, 3.8) is 0 Å². The van der Waals surface area contributed by atoms with E-state index in [0.717, 1.165) is 29.1 Å². The van der Waals surface area contributed by atoms with Crippen molar-refractivity contribution in [2.75, 3.05) is 19.3 Å². The highest BCUT2D eigenvalue weighted by atomic mass is 32.2. The quantitative estimate of drug-likeness (QED) is 0.706. The maximum absolute atomic E-state index is 12.1. The summed E-state index contributed by atoms with van der Waals surface area (Å²) in [5.74, 6) is -1.76. The van der Waals surface area contributed by atoms with Crippen molar-refractivity contribution >= 4 is 21.9 Å². The maximum Gasteiger partial charge on any atom is 0.326 e. The number of hydrogen-bond donors (Lipinski definition) is 2. The molecule has 8 heteroatoms. The summed E-state index contributed by atoms with van der Waals surface area (Å²) in [6.07, 6.45) is 3.14. The number of carboxylic acid groups (broad SMARTS) is 1. The zero-order valence-corrected chi connectivity index (χ0v) is 16.0. The van der Waals surface area contributed by atoms with E-state index in [0.29, 0.717) is 6.42 Å². The number of sulfonamides is 1. The number of likely N-dealkylation sites (N-methyl/N-ethyl adjacent to an activating group) is 1. The number of aryl methyl sites for hydroxylation is 1. The number of benzene rings is 1. The average molecular weight is 382 g/mol. The number of carboxylic acids is 1. The van der Waals surface area contributed by atoms with E-state index in [1.165, 1.54) is 19.5 Å². The molecule has 0 aliphatic heterocycles. The van der Waals surface area contributed by atoms with Gasteiger partial charge in [-0.3, -0.25) is 4.79 Å². The van der Waals surface area contributed by atoms with Crippen LogP contribution in [0.1, 0.15) is 43.2 Å². The van der Waals surface area contributed by atoms with E-state index < -0.39 is 27.9 Å². The molecule has 0 bridgehead atoms. The Kier molecular flexibility index (Phi) is 6.77. The van der Waals surface area contributed by atoms with Crippen LogP contribution in [0.4, 0.5) is 0 Å². The molecule has 26 heavy (non-hydrogen) atoms. The molecule has 1 aliphatic carbocycles. The zero-order valence-electron chi connectivity index (χ0n) is 15.1. The molecular formula is C18H26N2O5S. The second kappa shape index (κ2) is 8.64. The summed E-state index contributed by atoms with van der Waals surface area (Å²) < 4.78 is 24.4. The van der Waals surface area contributed by atoms with Crippen molar-refractivity contribution in [3.8, 4) is 0 Å². The Balaban J connectivity index is 2.04. The van der Waals surface area contributed by atoms with Gasteiger partial charge in [-0.1, -0.05) is 24.3 Å². The summed E-state index contributed by atoms with van der Waals surface area (Å²) in [5.41, 5.74) is 2.37. The summed E-state index contributed by atoms with van der Waals surface area (Å²) in [6.45, 7) is 1.10. The first-order valence-electron chi connectivity index (χ1n) is 8.78. The predicted octanol–water partition coefficient (Wildman–Crippen LogP) is 1.35. The lowest BCUT2D eigenvalue weighted by atomic mass is 9.79. The third kappa shape index (κ3) is 5.04. The predicted molar refractivity (Wildman–Crippen MR) is 98.4 cm³/mol. The molecule has 144 valence electrons. The first-order chi connectivity index (χ1) is 12.2. The highest BCUT2D eigenvalue weighted by Crippen LogP contribution is 2.34. The van der Waals surface area contributed by atoms with Crippen molar-refractivity contribution in [1.29, 1.82) is 0 Å². The second-order valence-corrected chi connectivity index (χ2v) is 9.00. The SMILES string of the molecule is CCS(=O)(=O)N(C)CC(=O)NC(CC1CCCc2ccccc21)C(=O)O. The Morgan fingerprint density at radius 1 is 1.35 bits per heavy atom. The van der Waals surface area contributed by atoms with Gasteiger partial charge in [-0.15, -0.1) is 0 Å². The van der Waals surface area contributed by atoms with Crippen LogP contribution in [0.15, 0.2) is 24.3 Å². The lowest BCUT2D eigenvalue weighted by molar-refractivity contribution is -0.142. The monoisotopic (exact) mass is 382 g/mol. The van der Waals surface area contributed by atoms with Gasteiger partial charge in [0.1, 0.15) is 6.04 Å². The maximum atomic E-state index is 12.1. The molecule has 2 N–H and O–H groups in total. The number of hydrogen-bond acceptors (Lipinski definition) is 4. The van der Waals surface area contributed by atoms with E-state index >= 15 is 0 Å². The minimum Gasteiger partial charge on any atom is -0.480 e. The van der Waals surface area contributed by atoms with Crippen molar-refractivity contribution in [2.24, 2.45) is 0 Å². The lowest BCUT2D eigenvalue weighted by Crippen LogP contribution is -2.46. The fraction of sp³-hybridized carbons (Fsp3) is 0.556. The number of carbonyl (C=O) groups is 2. The van der Waals surface area contributed by atoms with Crippen LogP contribution in [-0.2, 0) is 26.0 Å². The smallest absolute Gasteiger partial charge is 0.326 e. The van der Waals surface area contributed by atoms with Crippen LogP contribution in [0, 0.1) is 0 Å². The summed E-state index contributed by atoms with van der Waals surface area (Å²) >= 11 is 0. The molecule has 1 aliphatic rings. The molecule has 1 aromatic carbocycles. The van der Waals surface area contributed by atoms with Crippen molar-refractivity contribution in [3.05, 3.63) is 35.4 Å². The Bertz CT molecular complexity index is 763. The Labute approximate surface area is 154 Å². The first kappa shape index (κ1) is 20.4. The van der Waals surface area contributed by atoms with E-state index in [1.807, 2.05) is 18.2 Å². The van der Waals surface area contributed by atoms with Gasteiger partial charge in [0.15, 0.2) is 0 Å². The number of rotatable bonds is 8. The first-order valence-corrected chi connectivity index (χ1v) is 10.4. The molecule has 0 spiro atoms. The Morgan fingerprint density at radius 2 is 2.04 bits per heavy atom. The van der Waals surface area contributed by atoms with Gasteiger partial charge >= 0.3 is 5.97 Å². The molecule has 0 saturated carbocycles. The molecule has 1 amide bonds. The van der Waals surface area contributed by atoms with E-state index in [1.54, 1.807) is 0 Å². The summed E-state index contributed by atoms with van der Waals surface area (Å²) in [7, 11) is -2.18. The number of aliphatic carboxylic acids is 1. The fourth-order valence-corrected chi connectivity index (χ4v) is 4.12. The van der Waals surface area contributed by atoms with Crippen LogP contribution in [-0.4, -0.2) is 55.1 Å². The normalized spacial score (nSPS) is 18.2. The molecule has 2 rings (SSSR count). The number of nitrogens with one attached hydrogen (secondary N) is 1. The number of amides is 1. The molecular weight excluding hydrogens is 356 g/mol. The largest absolute Gasteiger partial charge is 0.480 e. The van der Waals surface area contributed by atoms with E-state index in [9.17, 15) is 23.1 Å². The van der Waals surface area contributed by atoms with Gasteiger partial charge < -0.3 is 10.4 Å². The highest BCUT2D eigenvalue weighted by Gasteiger charge is 2.29. The van der Waals surface area contributed by atoms with Crippen LogP contribution in [0.3, 0.4) is 0 Å². The molecule has 0 fully saturated rings. The number of carbonyl (C=O) groups excluding carboxylic acids is 1. The van der Waals surface area contributed by atoms with Gasteiger partial charge in [-0.25, -0.2) is 13.2 Å². The molecule has 2 unspecified atom stereocenters. The molecule has 0 heterocycles. The third-order valence-electron chi connectivity index (χ3n) is 4.85. The molecule has 0 radical (unpaired) electrons. The molecule has 2 atom stereocenters. The standard InChI is InChI=1S/C18H26N2O5S/c1-3-26(24,25)20(2)12-17(21)19-16(18(22)23)11-14-9-6-8-13-7-4-5-10-15(13)14/h4-5,7,10,14,16H,3,6,8-9,11-12H2,1-2H3,(H,19,21)(H,22,23). The van der Waals surface area contributed by atoms with Gasteiger partial charge in [0.2, 0.25) is 15.9 Å². The van der Waals surface area contributed by atoms with Gasteiger partial charge in [0, 0.05) is 7.05 Å². The molecule has 0 saturated heterocycles. The van der Waals surface area contributed by atoms with E-state index in [-0.39, 0.29) is 18.2 Å². The van der Waals surface area contributed by atoms with Crippen LogP contribution < -0.4 is 5.32 Å². The van der Waals surface area contributed by atoms with Gasteiger partial charge in [-0.2, -0.15) is 4.31 Å². The highest BCUT2D eigenvalue weighted by molar-refractivity contribution is 7.89. The third-order valence-corrected chi connectivity index (χ3v) is 6.66. The molecule has 7 nitrogen and oxygen atoms in total. The van der Waals surface area contributed by atoms with Crippen LogP contribution in [0.2, 0.25) is 0 Å². The van der Waals surface area contributed by atoms with Gasteiger partial charge in [0.05, 0.1) is 12.3 Å². The van der Waals surface area contributed by atoms with Crippen molar-refractivity contribution in [1.82, 2.24) is 9.62 Å². The van der Waals surface area contributed by atoms with Crippen LogP contribution in [0.25, 0.3) is 0 Å². The summed E-state index contributed by atoms with van der Waals surface area (Å²) in [4.78, 5) is 23.8. The lowest BCUT2D eigenvalue weighted by Gasteiger charge is -2.28. The van der Waals surface area contributed by atoms with Crippen LogP contribution in [0.5, 0.6) is 0 Å². The van der Waals surface area contributed by atoms with E-state index in [2.05, 4.69) is 11.4 Å². The minimum atomic E-state index is -3.49.